The van der Waals surface area contributed by atoms with E-state index in [0.717, 1.165) is 50.8 Å². The summed E-state index contributed by atoms with van der Waals surface area (Å²) in [4.78, 5) is 2.40. The second-order valence-electron chi connectivity index (χ2n) is 16.4. The smallest absolute Gasteiger partial charge is 0.135 e. The van der Waals surface area contributed by atoms with Crippen molar-refractivity contribution in [1.29, 1.82) is 0 Å². The summed E-state index contributed by atoms with van der Waals surface area (Å²) in [6, 6.07) is 82.5. The molecule has 0 N–H and O–H groups in total. The van der Waals surface area contributed by atoms with Gasteiger partial charge in [0.2, 0.25) is 0 Å². The first-order chi connectivity index (χ1) is 30.3. The lowest BCUT2D eigenvalue weighted by Crippen LogP contribution is -2.29. The van der Waals surface area contributed by atoms with Crippen molar-refractivity contribution in [3.05, 3.63) is 247 Å². The predicted molar refractivity (Wildman–Crippen MR) is 251 cm³/mol. The molecule has 2 nitrogen and oxygen atoms in total. The molecule has 61 heavy (non-hydrogen) atoms. The first kappa shape index (κ1) is 34.0. The zero-order chi connectivity index (χ0) is 40.1. The standard InChI is InChI=1S/C59H37NO/c1-2-18-40(19-3-1)60(42-31-33-58-52(37-42)46-23-9-7-21-44(46)49-26-12-15-29-57(49)61-58)41-30-32-55-51(36-41)45-22-8-6-20-43(45)47-24-10-13-27-53(47)59(55)54-28-14-11-25-48(54)50-34-38-16-4-5-17-39(38)35-56(50)59/h1-37H. The average molecular weight is 776 g/mol. The van der Waals surface area contributed by atoms with Gasteiger partial charge < -0.3 is 9.64 Å². The minimum absolute atomic E-state index is 0.572. The second kappa shape index (κ2) is 13.0. The SMILES string of the molecule is c1ccc(N(c2ccc3c(c2)-c2ccccc2-c2ccccc2O3)c2ccc3c(c2)-c2ccccc2-c2ccccc2C32c3ccccc3-c3cc4ccccc4cc32)cc1. The number of fused-ring (bicyclic) bond motifs is 18. The lowest BCUT2D eigenvalue weighted by molar-refractivity contribution is 0.488. The number of benzene rings is 10. The Hall–Kier alpha value is -7.94. The molecule has 1 heterocycles. The van der Waals surface area contributed by atoms with Gasteiger partial charge in [0, 0.05) is 28.2 Å². The van der Waals surface area contributed by atoms with Crippen LogP contribution in [0.4, 0.5) is 17.1 Å². The Kier molecular flexibility index (Phi) is 7.26. The van der Waals surface area contributed by atoms with E-state index in [4.69, 9.17) is 4.74 Å². The van der Waals surface area contributed by atoms with Crippen molar-refractivity contribution < 1.29 is 4.74 Å². The van der Waals surface area contributed by atoms with Crippen LogP contribution in [-0.2, 0) is 5.41 Å². The lowest BCUT2D eigenvalue weighted by atomic mass is 9.65. The van der Waals surface area contributed by atoms with E-state index >= 15 is 0 Å². The van der Waals surface area contributed by atoms with E-state index < -0.39 is 5.41 Å². The van der Waals surface area contributed by atoms with Gasteiger partial charge in [-0.3, -0.25) is 0 Å². The van der Waals surface area contributed by atoms with Crippen molar-refractivity contribution in [2.45, 2.75) is 5.41 Å². The molecule has 2 aliphatic carbocycles. The quantitative estimate of drug-likeness (QED) is 0.177. The van der Waals surface area contributed by atoms with Gasteiger partial charge in [-0.15, -0.1) is 0 Å². The highest BCUT2D eigenvalue weighted by Crippen LogP contribution is 2.62. The summed E-state index contributed by atoms with van der Waals surface area (Å²) in [6.45, 7) is 0. The highest BCUT2D eigenvalue weighted by Gasteiger charge is 2.50. The normalized spacial score (nSPS) is 14.8. The molecule has 0 radical (unpaired) electrons. The molecule has 10 aromatic carbocycles. The van der Waals surface area contributed by atoms with Crippen molar-refractivity contribution >= 4 is 27.8 Å². The molecule has 3 aliphatic rings. The molecule has 0 saturated carbocycles. The minimum Gasteiger partial charge on any atom is -0.456 e. The Bertz CT molecular complexity index is 3420. The van der Waals surface area contributed by atoms with Gasteiger partial charge in [0.1, 0.15) is 11.5 Å². The zero-order valence-electron chi connectivity index (χ0n) is 33.2. The molecule has 0 amide bonds. The summed E-state index contributed by atoms with van der Waals surface area (Å²) in [5.74, 6) is 1.71. The van der Waals surface area contributed by atoms with Crippen molar-refractivity contribution in [1.82, 2.24) is 0 Å². The molecular weight excluding hydrogens is 739 g/mol. The zero-order valence-corrected chi connectivity index (χ0v) is 33.2. The van der Waals surface area contributed by atoms with Crippen LogP contribution >= 0.6 is 0 Å². The fraction of sp³-hybridized carbons (Fsp3) is 0.0169. The van der Waals surface area contributed by atoms with Crippen LogP contribution in [0.3, 0.4) is 0 Å². The molecule has 1 atom stereocenters. The Morgan fingerprint density at radius 3 is 1.41 bits per heavy atom. The van der Waals surface area contributed by atoms with Crippen molar-refractivity contribution in [3.8, 4) is 67.1 Å². The molecule has 1 unspecified atom stereocenters. The highest BCUT2D eigenvalue weighted by molar-refractivity contribution is 6.02. The summed E-state index contributed by atoms with van der Waals surface area (Å²) in [6.07, 6.45) is 0. The number of hydrogen-bond acceptors (Lipinski definition) is 2. The van der Waals surface area contributed by atoms with Crippen LogP contribution in [0, 0.1) is 0 Å². The van der Waals surface area contributed by atoms with Gasteiger partial charge in [-0.05, 0) is 138 Å². The Morgan fingerprint density at radius 2 is 0.705 bits per heavy atom. The average Bonchev–Trinajstić information content (AvgIpc) is 3.45. The van der Waals surface area contributed by atoms with E-state index in [2.05, 4.69) is 223 Å². The molecule has 284 valence electrons. The molecule has 0 saturated heterocycles. The van der Waals surface area contributed by atoms with E-state index in [1.165, 1.54) is 66.4 Å². The topological polar surface area (TPSA) is 12.5 Å². The van der Waals surface area contributed by atoms with E-state index in [0.29, 0.717) is 0 Å². The first-order valence-corrected chi connectivity index (χ1v) is 21.1. The fourth-order valence-corrected chi connectivity index (χ4v) is 10.7. The van der Waals surface area contributed by atoms with Gasteiger partial charge >= 0.3 is 0 Å². The Morgan fingerprint density at radius 1 is 0.262 bits per heavy atom. The molecule has 0 aromatic heterocycles. The van der Waals surface area contributed by atoms with Crippen molar-refractivity contribution in [2.24, 2.45) is 0 Å². The Balaban J connectivity index is 1.09. The van der Waals surface area contributed by atoms with Gasteiger partial charge in [0.25, 0.3) is 0 Å². The molecule has 1 aliphatic heterocycles. The third-order valence-electron chi connectivity index (χ3n) is 13.3. The van der Waals surface area contributed by atoms with Crippen molar-refractivity contribution in [2.75, 3.05) is 4.90 Å². The van der Waals surface area contributed by atoms with Gasteiger partial charge in [0.05, 0.1) is 5.41 Å². The summed E-state index contributed by atoms with van der Waals surface area (Å²) < 4.78 is 6.71. The number of ether oxygens (including phenoxy) is 1. The largest absolute Gasteiger partial charge is 0.456 e. The Labute approximate surface area is 355 Å². The molecule has 1 spiro atoms. The van der Waals surface area contributed by atoms with Crippen LogP contribution in [0.5, 0.6) is 11.5 Å². The monoisotopic (exact) mass is 775 g/mol. The van der Waals surface area contributed by atoms with Gasteiger partial charge in [-0.25, -0.2) is 0 Å². The number of rotatable bonds is 3. The maximum atomic E-state index is 6.71. The number of para-hydroxylation sites is 2. The fourth-order valence-electron chi connectivity index (χ4n) is 10.7. The van der Waals surface area contributed by atoms with Crippen LogP contribution in [-0.4, -0.2) is 0 Å². The second-order valence-corrected chi connectivity index (χ2v) is 16.4. The lowest BCUT2D eigenvalue weighted by Gasteiger charge is -2.36. The maximum absolute atomic E-state index is 6.71. The van der Waals surface area contributed by atoms with E-state index in [1.807, 2.05) is 6.07 Å². The predicted octanol–water partition coefficient (Wildman–Crippen LogP) is 15.8. The van der Waals surface area contributed by atoms with Crippen LogP contribution in [0.15, 0.2) is 224 Å². The van der Waals surface area contributed by atoms with Gasteiger partial charge in [-0.1, -0.05) is 164 Å². The van der Waals surface area contributed by atoms with Crippen LogP contribution in [0.25, 0.3) is 66.4 Å². The third kappa shape index (κ3) is 4.85. The van der Waals surface area contributed by atoms with Crippen LogP contribution in [0.2, 0.25) is 0 Å². The maximum Gasteiger partial charge on any atom is 0.135 e. The van der Waals surface area contributed by atoms with Crippen LogP contribution in [0.1, 0.15) is 22.3 Å². The highest BCUT2D eigenvalue weighted by atomic mass is 16.5. The molecule has 10 aromatic rings. The van der Waals surface area contributed by atoms with Crippen LogP contribution < -0.4 is 9.64 Å². The minimum atomic E-state index is -0.572. The number of hydrogen-bond donors (Lipinski definition) is 0. The number of nitrogens with zero attached hydrogens (tertiary/aromatic N) is 1. The summed E-state index contributed by atoms with van der Waals surface area (Å²) in [5, 5.41) is 2.50. The van der Waals surface area contributed by atoms with E-state index in [-0.39, 0.29) is 0 Å². The molecule has 0 fully saturated rings. The molecular formula is C59H37NO. The third-order valence-corrected chi connectivity index (χ3v) is 13.3. The number of anilines is 3. The molecule has 13 rings (SSSR count). The van der Waals surface area contributed by atoms with Gasteiger partial charge in [-0.2, -0.15) is 0 Å². The summed E-state index contributed by atoms with van der Waals surface area (Å²) >= 11 is 0. The van der Waals surface area contributed by atoms with E-state index in [1.54, 1.807) is 0 Å². The molecule has 2 heteroatoms. The first-order valence-electron chi connectivity index (χ1n) is 21.1. The molecule has 0 bridgehead atoms. The van der Waals surface area contributed by atoms with Crippen molar-refractivity contribution in [3.63, 3.8) is 0 Å². The summed E-state index contributed by atoms with van der Waals surface area (Å²) in [7, 11) is 0. The van der Waals surface area contributed by atoms with Gasteiger partial charge in [0.15, 0.2) is 0 Å². The summed E-state index contributed by atoms with van der Waals surface area (Å²) in [5.41, 5.74) is 19.9. The van der Waals surface area contributed by atoms with E-state index in [9.17, 15) is 0 Å².